The van der Waals surface area contributed by atoms with Gasteiger partial charge in [0.2, 0.25) is 0 Å². The number of nitrogen functional groups attached to an aromatic ring is 1. The third-order valence-corrected chi connectivity index (χ3v) is 1.83. The molecule has 0 fully saturated rings. The highest BCUT2D eigenvalue weighted by Crippen LogP contribution is 2.19. The minimum absolute atomic E-state index is 0.0169. The second kappa shape index (κ2) is 5.03. The summed E-state index contributed by atoms with van der Waals surface area (Å²) in [4.78, 5) is 11.4. The van der Waals surface area contributed by atoms with Crippen LogP contribution in [-0.2, 0) is 4.79 Å². The zero-order valence-corrected chi connectivity index (χ0v) is 10.2. The predicted molar refractivity (Wildman–Crippen MR) is 64.2 cm³/mol. The van der Waals surface area contributed by atoms with Gasteiger partial charge in [0.25, 0.3) is 5.91 Å². The number of halogens is 1. The maximum Gasteiger partial charge on any atom is 0.258 e. The van der Waals surface area contributed by atoms with Gasteiger partial charge in [0.15, 0.2) is 18.2 Å². The Balaban J connectivity index is 2.53. The Hall–Kier alpha value is -1.78. The molecule has 1 aromatic rings. The van der Waals surface area contributed by atoms with Crippen molar-refractivity contribution < 1.29 is 13.9 Å². The zero-order chi connectivity index (χ0) is 13.1. The van der Waals surface area contributed by atoms with Crippen LogP contribution in [0.5, 0.6) is 5.75 Å². The molecule has 0 radical (unpaired) electrons. The van der Waals surface area contributed by atoms with Gasteiger partial charge in [0.1, 0.15) is 0 Å². The van der Waals surface area contributed by atoms with Crippen molar-refractivity contribution in [2.45, 2.75) is 26.3 Å². The summed E-state index contributed by atoms with van der Waals surface area (Å²) in [6.45, 7) is 5.34. The molecule has 0 bridgehead atoms. The predicted octanol–water partition coefficient (Wildman–Crippen LogP) is 1.70. The molecule has 0 atom stereocenters. The first-order chi connectivity index (χ1) is 7.78. The topological polar surface area (TPSA) is 64.3 Å². The Labute approximate surface area is 100.0 Å². The molecule has 0 saturated carbocycles. The van der Waals surface area contributed by atoms with E-state index < -0.39 is 5.82 Å². The van der Waals surface area contributed by atoms with E-state index in [2.05, 4.69) is 5.32 Å². The van der Waals surface area contributed by atoms with Gasteiger partial charge in [-0.2, -0.15) is 0 Å². The van der Waals surface area contributed by atoms with Gasteiger partial charge in [-0.3, -0.25) is 4.79 Å². The van der Waals surface area contributed by atoms with Crippen molar-refractivity contribution in [3.05, 3.63) is 24.0 Å². The van der Waals surface area contributed by atoms with Crippen molar-refractivity contribution in [1.29, 1.82) is 0 Å². The highest BCUT2D eigenvalue weighted by atomic mass is 19.1. The largest absolute Gasteiger partial charge is 0.481 e. The molecule has 1 rings (SSSR count). The molecule has 1 amide bonds. The summed E-state index contributed by atoms with van der Waals surface area (Å²) < 4.78 is 18.4. The number of nitrogens with one attached hydrogen (secondary N) is 1. The first kappa shape index (κ1) is 13.3. The molecule has 0 aliphatic carbocycles. The third kappa shape index (κ3) is 4.72. The number of anilines is 1. The van der Waals surface area contributed by atoms with Crippen LogP contribution in [0.3, 0.4) is 0 Å². The maximum absolute atomic E-state index is 13.3. The molecular formula is C12H17FN2O2. The van der Waals surface area contributed by atoms with Crippen molar-refractivity contribution >= 4 is 11.6 Å². The first-order valence-corrected chi connectivity index (χ1v) is 5.27. The van der Waals surface area contributed by atoms with Crippen LogP contribution in [-0.4, -0.2) is 18.1 Å². The number of ether oxygens (including phenoxy) is 1. The number of carbonyl (C=O) groups is 1. The number of carbonyl (C=O) groups excluding carboxylic acids is 1. The number of nitrogens with two attached hydrogens (primary N) is 1. The lowest BCUT2D eigenvalue weighted by molar-refractivity contribution is -0.124. The monoisotopic (exact) mass is 240 g/mol. The summed E-state index contributed by atoms with van der Waals surface area (Å²) in [5, 5.41) is 2.71. The van der Waals surface area contributed by atoms with Crippen LogP contribution in [0.15, 0.2) is 18.2 Å². The molecule has 17 heavy (non-hydrogen) atoms. The standard InChI is InChI=1S/C12H17FN2O2/c1-12(2,3)15-11(16)7-17-10-5-4-8(14)6-9(10)13/h4-6H,7,14H2,1-3H3,(H,15,16). The van der Waals surface area contributed by atoms with Crippen molar-refractivity contribution in [1.82, 2.24) is 5.32 Å². The van der Waals surface area contributed by atoms with Crippen LogP contribution in [0.1, 0.15) is 20.8 Å². The lowest BCUT2D eigenvalue weighted by atomic mass is 10.1. The molecule has 5 heteroatoms. The van der Waals surface area contributed by atoms with Gasteiger partial charge in [-0.1, -0.05) is 0 Å². The number of hydrogen-bond acceptors (Lipinski definition) is 3. The van der Waals surface area contributed by atoms with Crippen LogP contribution >= 0.6 is 0 Å². The third-order valence-electron chi connectivity index (χ3n) is 1.83. The van der Waals surface area contributed by atoms with E-state index in [1.807, 2.05) is 20.8 Å². The Bertz CT molecular complexity index is 413. The second-order valence-electron chi connectivity index (χ2n) is 4.78. The summed E-state index contributed by atoms with van der Waals surface area (Å²) in [6, 6.07) is 4.06. The van der Waals surface area contributed by atoms with E-state index in [1.54, 1.807) is 0 Å². The van der Waals surface area contributed by atoms with Gasteiger partial charge < -0.3 is 15.8 Å². The summed E-state index contributed by atoms with van der Waals surface area (Å²) >= 11 is 0. The van der Waals surface area contributed by atoms with E-state index in [0.717, 1.165) is 6.07 Å². The average molecular weight is 240 g/mol. The van der Waals surface area contributed by atoms with E-state index in [9.17, 15) is 9.18 Å². The number of rotatable bonds is 3. The molecular weight excluding hydrogens is 223 g/mol. The Morgan fingerprint density at radius 3 is 2.65 bits per heavy atom. The molecule has 0 saturated heterocycles. The van der Waals surface area contributed by atoms with Gasteiger partial charge in [-0.15, -0.1) is 0 Å². The molecule has 1 aromatic carbocycles. The quantitative estimate of drug-likeness (QED) is 0.790. The zero-order valence-electron chi connectivity index (χ0n) is 10.2. The van der Waals surface area contributed by atoms with Crippen LogP contribution in [0, 0.1) is 5.82 Å². The molecule has 4 nitrogen and oxygen atoms in total. The van der Waals surface area contributed by atoms with Gasteiger partial charge >= 0.3 is 0 Å². The van der Waals surface area contributed by atoms with Crippen molar-refractivity contribution in [2.24, 2.45) is 0 Å². The normalized spacial score (nSPS) is 11.1. The summed E-state index contributed by atoms with van der Waals surface area (Å²) in [6.07, 6.45) is 0. The minimum atomic E-state index is -0.575. The van der Waals surface area contributed by atoms with Gasteiger partial charge in [-0.25, -0.2) is 4.39 Å². The molecule has 0 aliphatic rings. The van der Waals surface area contributed by atoms with E-state index in [-0.39, 0.29) is 23.8 Å². The van der Waals surface area contributed by atoms with E-state index in [1.165, 1.54) is 12.1 Å². The summed E-state index contributed by atoms with van der Waals surface area (Å²) in [7, 11) is 0. The molecule has 94 valence electrons. The van der Waals surface area contributed by atoms with E-state index in [4.69, 9.17) is 10.5 Å². The molecule has 0 aromatic heterocycles. The lowest BCUT2D eigenvalue weighted by Gasteiger charge is -2.20. The summed E-state index contributed by atoms with van der Waals surface area (Å²) in [5.74, 6) is -0.856. The van der Waals surface area contributed by atoms with Gasteiger partial charge in [0.05, 0.1) is 0 Å². The number of hydrogen-bond donors (Lipinski definition) is 2. The summed E-state index contributed by atoms with van der Waals surface area (Å²) in [5.41, 5.74) is 5.37. The van der Waals surface area contributed by atoms with Crippen molar-refractivity contribution in [2.75, 3.05) is 12.3 Å². The Kier molecular flexibility index (Phi) is 3.93. The average Bonchev–Trinajstić information content (AvgIpc) is 2.13. The molecule has 3 N–H and O–H groups in total. The van der Waals surface area contributed by atoms with Crippen LogP contribution in [0.4, 0.5) is 10.1 Å². The molecule has 0 aliphatic heterocycles. The smallest absolute Gasteiger partial charge is 0.258 e. The lowest BCUT2D eigenvalue weighted by Crippen LogP contribution is -2.43. The molecule has 0 heterocycles. The number of benzene rings is 1. The maximum atomic E-state index is 13.3. The van der Waals surface area contributed by atoms with Crippen LogP contribution in [0.25, 0.3) is 0 Å². The van der Waals surface area contributed by atoms with E-state index >= 15 is 0 Å². The fourth-order valence-electron chi connectivity index (χ4n) is 1.23. The fraction of sp³-hybridized carbons (Fsp3) is 0.417. The highest BCUT2D eigenvalue weighted by Gasteiger charge is 2.14. The van der Waals surface area contributed by atoms with Crippen LogP contribution < -0.4 is 15.8 Å². The van der Waals surface area contributed by atoms with Gasteiger partial charge in [-0.05, 0) is 32.9 Å². The first-order valence-electron chi connectivity index (χ1n) is 5.27. The fourth-order valence-corrected chi connectivity index (χ4v) is 1.23. The highest BCUT2D eigenvalue weighted by molar-refractivity contribution is 5.78. The van der Waals surface area contributed by atoms with Crippen molar-refractivity contribution in [3.8, 4) is 5.75 Å². The van der Waals surface area contributed by atoms with E-state index in [0.29, 0.717) is 5.69 Å². The number of amides is 1. The van der Waals surface area contributed by atoms with Gasteiger partial charge in [0, 0.05) is 17.3 Å². The van der Waals surface area contributed by atoms with Crippen LogP contribution in [0.2, 0.25) is 0 Å². The Morgan fingerprint density at radius 2 is 2.12 bits per heavy atom. The second-order valence-corrected chi connectivity index (χ2v) is 4.78. The SMILES string of the molecule is CC(C)(C)NC(=O)COc1ccc(N)cc1F. The molecule has 0 spiro atoms. The molecule has 0 unspecified atom stereocenters. The minimum Gasteiger partial charge on any atom is -0.481 e. The Morgan fingerprint density at radius 1 is 1.47 bits per heavy atom. The van der Waals surface area contributed by atoms with Crippen molar-refractivity contribution in [3.63, 3.8) is 0 Å².